The Bertz CT molecular complexity index is 1090. The van der Waals surface area contributed by atoms with Gasteiger partial charge in [0.15, 0.2) is 5.82 Å². The van der Waals surface area contributed by atoms with E-state index in [1.807, 2.05) is 48.2 Å². The quantitative estimate of drug-likeness (QED) is 0.672. The van der Waals surface area contributed by atoms with Crippen LogP contribution in [-0.4, -0.2) is 47.3 Å². The van der Waals surface area contributed by atoms with Gasteiger partial charge in [-0.2, -0.15) is 0 Å². The summed E-state index contributed by atoms with van der Waals surface area (Å²) in [7, 11) is 0. The molecule has 0 radical (unpaired) electrons. The molecule has 6 nitrogen and oxygen atoms in total. The van der Waals surface area contributed by atoms with Crippen molar-refractivity contribution in [3.8, 4) is 11.3 Å². The van der Waals surface area contributed by atoms with Gasteiger partial charge in [0, 0.05) is 37.4 Å². The molecule has 2 heterocycles. The number of para-hydroxylation sites is 1. The Balaban J connectivity index is 1.38. The van der Waals surface area contributed by atoms with Crippen molar-refractivity contribution in [3.05, 3.63) is 70.8 Å². The Morgan fingerprint density at radius 3 is 2.19 bits per heavy atom. The van der Waals surface area contributed by atoms with Gasteiger partial charge in [0.05, 0.1) is 5.69 Å². The fourth-order valence-corrected chi connectivity index (χ4v) is 3.92. The van der Waals surface area contributed by atoms with Crippen molar-refractivity contribution in [2.75, 3.05) is 36.4 Å². The Morgan fingerprint density at radius 1 is 0.806 bits per heavy atom. The molecule has 2 amide bonds. The second kappa shape index (κ2) is 8.76. The zero-order chi connectivity index (χ0) is 22.0. The summed E-state index contributed by atoms with van der Waals surface area (Å²) >= 11 is 0. The molecule has 2 aromatic carbocycles. The minimum atomic E-state index is -0.0550. The Labute approximate surface area is 183 Å². The van der Waals surface area contributed by atoms with E-state index in [0.29, 0.717) is 13.1 Å². The largest absolute Gasteiger partial charge is 0.352 e. The number of carbonyl (C=O) groups is 1. The van der Waals surface area contributed by atoms with Gasteiger partial charge in [0.2, 0.25) is 0 Å². The van der Waals surface area contributed by atoms with Crippen LogP contribution in [0.25, 0.3) is 11.3 Å². The first kappa shape index (κ1) is 20.8. The monoisotopic (exact) mass is 415 g/mol. The van der Waals surface area contributed by atoms with Gasteiger partial charge in [-0.1, -0.05) is 24.3 Å². The van der Waals surface area contributed by atoms with Crippen LogP contribution in [0.15, 0.2) is 48.5 Å². The zero-order valence-electron chi connectivity index (χ0n) is 18.6. The van der Waals surface area contributed by atoms with Crippen LogP contribution in [-0.2, 0) is 0 Å². The number of nitrogens with zero attached hydrogens (tertiary/aromatic N) is 4. The van der Waals surface area contributed by atoms with Gasteiger partial charge < -0.3 is 15.1 Å². The summed E-state index contributed by atoms with van der Waals surface area (Å²) in [5.74, 6) is 0.851. The number of hydrogen-bond donors (Lipinski definition) is 1. The van der Waals surface area contributed by atoms with Crippen LogP contribution in [0.5, 0.6) is 0 Å². The number of benzene rings is 2. The molecule has 31 heavy (non-hydrogen) atoms. The Hall–Kier alpha value is -3.41. The number of aryl methyl sites for hydroxylation is 4. The third-order valence-corrected chi connectivity index (χ3v) is 6.04. The Morgan fingerprint density at radius 2 is 1.52 bits per heavy atom. The molecule has 1 N–H and O–H groups in total. The maximum absolute atomic E-state index is 12.6. The van der Waals surface area contributed by atoms with Gasteiger partial charge in [-0.25, -0.2) is 4.79 Å². The molecule has 0 saturated carbocycles. The summed E-state index contributed by atoms with van der Waals surface area (Å²) in [5.41, 5.74) is 7.68. The molecular formula is C25H29N5O. The minimum absolute atomic E-state index is 0.0550. The van der Waals surface area contributed by atoms with Gasteiger partial charge in [0.25, 0.3) is 0 Å². The summed E-state index contributed by atoms with van der Waals surface area (Å²) < 4.78 is 0. The second-order valence-corrected chi connectivity index (χ2v) is 8.25. The first-order chi connectivity index (χ1) is 14.9. The molecule has 3 aromatic rings. The third kappa shape index (κ3) is 4.53. The number of nitrogens with one attached hydrogen (secondary N) is 1. The van der Waals surface area contributed by atoms with E-state index < -0.39 is 0 Å². The highest BCUT2D eigenvalue weighted by Gasteiger charge is 2.22. The normalized spacial score (nSPS) is 13.9. The zero-order valence-corrected chi connectivity index (χ0v) is 18.6. The van der Waals surface area contributed by atoms with Gasteiger partial charge in [-0.05, 0) is 74.2 Å². The summed E-state index contributed by atoms with van der Waals surface area (Å²) in [6, 6.07) is 16.2. The maximum Gasteiger partial charge on any atom is 0.321 e. The molecule has 160 valence electrons. The van der Waals surface area contributed by atoms with Crippen LogP contribution in [0.4, 0.5) is 16.3 Å². The standard InChI is InChI=1S/C25H29N5O/c1-17-7-5-6-8-22(17)26-25(31)30-13-11-29(12-14-30)24-10-9-23(27-28-24)21-16-19(3)18(2)15-20(21)4/h5-10,15-16H,11-14H2,1-4H3,(H,26,31). The molecule has 1 saturated heterocycles. The van der Waals surface area contributed by atoms with E-state index in [4.69, 9.17) is 0 Å². The molecule has 1 aliphatic rings. The summed E-state index contributed by atoms with van der Waals surface area (Å²) in [4.78, 5) is 16.6. The highest BCUT2D eigenvalue weighted by atomic mass is 16.2. The topological polar surface area (TPSA) is 61.4 Å². The number of amides is 2. The lowest BCUT2D eigenvalue weighted by atomic mass is 9.99. The van der Waals surface area contributed by atoms with E-state index in [1.54, 1.807) is 0 Å². The lowest BCUT2D eigenvalue weighted by molar-refractivity contribution is 0.208. The summed E-state index contributed by atoms with van der Waals surface area (Å²) in [5, 5.41) is 12.0. The highest BCUT2D eigenvalue weighted by Crippen LogP contribution is 2.25. The number of carbonyl (C=O) groups excluding carboxylic acids is 1. The van der Waals surface area contributed by atoms with Crippen molar-refractivity contribution in [3.63, 3.8) is 0 Å². The molecule has 1 fully saturated rings. The predicted molar refractivity (Wildman–Crippen MR) is 126 cm³/mol. The molecular weight excluding hydrogens is 386 g/mol. The number of anilines is 2. The molecule has 0 aliphatic carbocycles. The van der Waals surface area contributed by atoms with E-state index in [-0.39, 0.29) is 6.03 Å². The van der Waals surface area contributed by atoms with E-state index in [1.165, 1.54) is 16.7 Å². The predicted octanol–water partition coefficient (Wildman–Crippen LogP) is 4.73. The lowest BCUT2D eigenvalue weighted by Gasteiger charge is -2.35. The lowest BCUT2D eigenvalue weighted by Crippen LogP contribution is -2.50. The van der Waals surface area contributed by atoms with Crippen molar-refractivity contribution in [1.29, 1.82) is 0 Å². The number of hydrogen-bond acceptors (Lipinski definition) is 4. The van der Waals surface area contributed by atoms with Crippen molar-refractivity contribution in [2.45, 2.75) is 27.7 Å². The van der Waals surface area contributed by atoms with Gasteiger partial charge in [-0.3, -0.25) is 0 Å². The first-order valence-electron chi connectivity index (χ1n) is 10.7. The van der Waals surface area contributed by atoms with Crippen LogP contribution < -0.4 is 10.2 Å². The minimum Gasteiger partial charge on any atom is -0.352 e. The average molecular weight is 416 g/mol. The number of urea groups is 1. The molecule has 1 aliphatic heterocycles. The van der Waals surface area contributed by atoms with Crippen molar-refractivity contribution in [1.82, 2.24) is 15.1 Å². The van der Waals surface area contributed by atoms with Crippen molar-refractivity contribution >= 4 is 17.5 Å². The molecule has 0 unspecified atom stereocenters. The van der Waals surface area contributed by atoms with Gasteiger partial charge >= 0.3 is 6.03 Å². The smallest absolute Gasteiger partial charge is 0.321 e. The Kier molecular flexibility index (Phi) is 5.89. The first-order valence-corrected chi connectivity index (χ1v) is 10.7. The fourth-order valence-electron chi connectivity index (χ4n) is 3.92. The summed E-state index contributed by atoms with van der Waals surface area (Å²) in [6.45, 7) is 11.1. The van der Waals surface area contributed by atoms with E-state index in [9.17, 15) is 4.79 Å². The number of piperazine rings is 1. The molecule has 1 aromatic heterocycles. The fraction of sp³-hybridized carbons (Fsp3) is 0.320. The van der Waals surface area contributed by atoms with E-state index in [0.717, 1.165) is 41.4 Å². The van der Waals surface area contributed by atoms with Crippen LogP contribution in [0.3, 0.4) is 0 Å². The van der Waals surface area contributed by atoms with Crippen molar-refractivity contribution < 1.29 is 4.79 Å². The van der Waals surface area contributed by atoms with Gasteiger partial charge in [-0.15, -0.1) is 10.2 Å². The average Bonchev–Trinajstić information content (AvgIpc) is 2.78. The van der Waals surface area contributed by atoms with Crippen LogP contribution in [0.1, 0.15) is 22.3 Å². The second-order valence-electron chi connectivity index (χ2n) is 8.25. The van der Waals surface area contributed by atoms with Crippen LogP contribution in [0, 0.1) is 27.7 Å². The highest BCUT2D eigenvalue weighted by molar-refractivity contribution is 5.90. The van der Waals surface area contributed by atoms with Crippen LogP contribution in [0.2, 0.25) is 0 Å². The molecule has 6 heteroatoms. The van der Waals surface area contributed by atoms with Gasteiger partial charge in [0.1, 0.15) is 0 Å². The van der Waals surface area contributed by atoms with Crippen molar-refractivity contribution in [2.24, 2.45) is 0 Å². The maximum atomic E-state index is 12.6. The molecule has 0 spiro atoms. The molecule has 4 rings (SSSR count). The molecule has 0 bridgehead atoms. The summed E-state index contributed by atoms with van der Waals surface area (Å²) in [6.07, 6.45) is 0. The number of rotatable bonds is 3. The van der Waals surface area contributed by atoms with E-state index in [2.05, 4.69) is 53.3 Å². The van der Waals surface area contributed by atoms with E-state index >= 15 is 0 Å². The number of aromatic nitrogens is 2. The third-order valence-electron chi connectivity index (χ3n) is 6.04. The SMILES string of the molecule is Cc1cc(C)c(-c2ccc(N3CCN(C(=O)Nc4ccccc4C)CC3)nn2)cc1C. The molecule has 0 atom stereocenters. The van der Waals surface area contributed by atoms with Crippen LogP contribution >= 0.6 is 0 Å².